The number of benzene rings is 1. The largest absolute Gasteiger partial charge is 0.339 e. The highest BCUT2D eigenvalue weighted by atomic mass is 16.2. The maximum absolute atomic E-state index is 12.7. The van der Waals surface area contributed by atoms with Gasteiger partial charge in [-0.1, -0.05) is 25.1 Å². The lowest BCUT2D eigenvalue weighted by Gasteiger charge is -2.34. The molecule has 3 rings (SSSR count). The highest BCUT2D eigenvalue weighted by Gasteiger charge is 2.34. The highest BCUT2D eigenvalue weighted by molar-refractivity contribution is 5.94. The van der Waals surface area contributed by atoms with Crippen LogP contribution >= 0.6 is 0 Å². The Kier molecular flexibility index (Phi) is 4.99. The van der Waals surface area contributed by atoms with Gasteiger partial charge in [-0.2, -0.15) is 0 Å². The molecular weight excluding hydrogens is 288 g/mol. The van der Waals surface area contributed by atoms with Crippen LogP contribution in [0.3, 0.4) is 0 Å². The first-order valence-corrected chi connectivity index (χ1v) is 8.85. The Morgan fingerprint density at radius 1 is 1.04 bits per heavy atom. The summed E-state index contributed by atoms with van der Waals surface area (Å²) in [5.74, 6) is 0.507. The van der Waals surface area contributed by atoms with Gasteiger partial charge in [0, 0.05) is 37.2 Å². The number of amides is 2. The molecule has 1 unspecified atom stereocenters. The van der Waals surface area contributed by atoms with Crippen LogP contribution in [0.2, 0.25) is 0 Å². The van der Waals surface area contributed by atoms with Crippen molar-refractivity contribution in [1.29, 1.82) is 0 Å². The fourth-order valence-electron chi connectivity index (χ4n) is 3.88. The normalized spacial score (nSPS) is 22.4. The SMILES string of the molecule is CCC1CCCN1C(=O)C1CCN(C(=O)c2ccccc2)CC1. The van der Waals surface area contributed by atoms with E-state index in [-0.39, 0.29) is 11.8 Å². The first-order chi connectivity index (χ1) is 11.2. The lowest BCUT2D eigenvalue weighted by atomic mass is 9.94. The van der Waals surface area contributed by atoms with Crippen molar-refractivity contribution in [2.75, 3.05) is 19.6 Å². The van der Waals surface area contributed by atoms with E-state index >= 15 is 0 Å². The van der Waals surface area contributed by atoms with Gasteiger partial charge in [-0.25, -0.2) is 0 Å². The van der Waals surface area contributed by atoms with Crippen LogP contribution in [0.4, 0.5) is 0 Å². The van der Waals surface area contributed by atoms with Gasteiger partial charge in [0.1, 0.15) is 0 Å². The van der Waals surface area contributed by atoms with E-state index in [9.17, 15) is 9.59 Å². The Morgan fingerprint density at radius 2 is 1.74 bits per heavy atom. The molecule has 124 valence electrons. The van der Waals surface area contributed by atoms with E-state index < -0.39 is 0 Å². The molecule has 23 heavy (non-hydrogen) atoms. The molecule has 0 bridgehead atoms. The number of nitrogens with zero attached hydrogens (tertiary/aromatic N) is 2. The number of carbonyl (C=O) groups is 2. The molecule has 4 nitrogen and oxygen atoms in total. The van der Waals surface area contributed by atoms with Crippen LogP contribution < -0.4 is 0 Å². The molecule has 0 aromatic heterocycles. The predicted octanol–water partition coefficient (Wildman–Crippen LogP) is 2.94. The zero-order valence-corrected chi connectivity index (χ0v) is 13.9. The van der Waals surface area contributed by atoms with Crippen molar-refractivity contribution in [1.82, 2.24) is 9.80 Å². The number of rotatable bonds is 3. The molecule has 2 aliphatic rings. The van der Waals surface area contributed by atoms with Gasteiger partial charge in [-0.05, 0) is 44.2 Å². The standard InChI is InChI=1S/C19H26N2O2/c1-2-17-9-6-12-21(17)19(23)16-10-13-20(14-11-16)18(22)15-7-4-3-5-8-15/h3-5,7-8,16-17H,2,6,9-14H2,1H3. The van der Waals surface area contributed by atoms with Gasteiger partial charge < -0.3 is 9.80 Å². The maximum atomic E-state index is 12.7. The van der Waals surface area contributed by atoms with E-state index in [2.05, 4.69) is 11.8 Å². The van der Waals surface area contributed by atoms with E-state index in [1.165, 1.54) is 0 Å². The molecule has 0 aliphatic carbocycles. The van der Waals surface area contributed by atoms with Gasteiger partial charge in [0.2, 0.25) is 5.91 Å². The Hall–Kier alpha value is -1.84. The van der Waals surface area contributed by atoms with E-state index in [0.29, 0.717) is 25.0 Å². The zero-order valence-electron chi connectivity index (χ0n) is 13.9. The van der Waals surface area contributed by atoms with Gasteiger partial charge >= 0.3 is 0 Å². The summed E-state index contributed by atoms with van der Waals surface area (Å²) in [5, 5.41) is 0. The Labute approximate surface area is 138 Å². The molecule has 2 fully saturated rings. The minimum atomic E-state index is 0.0871. The van der Waals surface area contributed by atoms with Crippen molar-refractivity contribution in [2.45, 2.75) is 45.1 Å². The summed E-state index contributed by atoms with van der Waals surface area (Å²) in [7, 11) is 0. The third-order valence-corrected chi connectivity index (χ3v) is 5.28. The van der Waals surface area contributed by atoms with Gasteiger partial charge in [0.05, 0.1) is 0 Å². The summed E-state index contributed by atoms with van der Waals surface area (Å²) in [6.07, 6.45) is 4.93. The second-order valence-electron chi connectivity index (χ2n) is 6.67. The third kappa shape index (κ3) is 3.41. The van der Waals surface area contributed by atoms with Crippen molar-refractivity contribution in [3.8, 4) is 0 Å². The lowest BCUT2D eigenvalue weighted by Crippen LogP contribution is -2.45. The molecule has 1 aromatic rings. The average Bonchev–Trinajstić information content (AvgIpc) is 3.10. The summed E-state index contributed by atoms with van der Waals surface area (Å²) < 4.78 is 0. The summed E-state index contributed by atoms with van der Waals surface area (Å²) in [4.78, 5) is 29.2. The van der Waals surface area contributed by atoms with Crippen LogP contribution in [0.15, 0.2) is 30.3 Å². The molecule has 0 spiro atoms. The summed E-state index contributed by atoms with van der Waals surface area (Å²) in [5.41, 5.74) is 0.739. The predicted molar refractivity (Wildman–Crippen MR) is 90.1 cm³/mol. The summed E-state index contributed by atoms with van der Waals surface area (Å²) in [6, 6.07) is 9.85. The molecule has 0 radical (unpaired) electrons. The smallest absolute Gasteiger partial charge is 0.253 e. The molecular formula is C19H26N2O2. The van der Waals surface area contributed by atoms with Gasteiger partial charge in [-0.3, -0.25) is 9.59 Å². The Bertz CT molecular complexity index is 550. The minimum Gasteiger partial charge on any atom is -0.339 e. The minimum absolute atomic E-state index is 0.0871. The van der Waals surface area contributed by atoms with Crippen molar-refractivity contribution in [3.63, 3.8) is 0 Å². The molecule has 2 aliphatic heterocycles. The second-order valence-corrected chi connectivity index (χ2v) is 6.67. The molecule has 2 saturated heterocycles. The number of piperidine rings is 1. The lowest BCUT2D eigenvalue weighted by molar-refractivity contribution is -0.137. The first-order valence-electron chi connectivity index (χ1n) is 8.85. The quantitative estimate of drug-likeness (QED) is 0.860. The van der Waals surface area contributed by atoms with Crippen LogP contribution in [0, 0.1) is 5.92 Å². The third-order valence-electron chi connectivity index (χ3n) is 5.28. The molecule has 2 amide bonds. The average molecular weight is 314 g/mol. The monoisotopic (exact) mass is 314 g/mol. The van der Waals surface area contributed by atoms with Crippen molar-refractivity contribution >= 4 is 11.8 Å². The van der Waals surface area contributed by atoms with Gasteiger partial charge in [-0.15, -0.1) is 0 Å². The van der Waals surface area contributed by atoms with E-state index in [0.717, 1.165) is 44.2 Å². The van der Waals surface area contributed by atoms with E-state index in [4.69, 9.17) is 0 Å². The van der Waals surface area contributed by atoms with Gasteiger partial charge in [0.15, 0.2) is 0 Å². The van der Waals surface area contributed by atoms with Crippen molar-refractivity contribution in [3.05, 3.63) is 35.9 Å². The first kappa shape index (κ1) is 16.0. The van der Waals surface area contributed by atoms with Gasteiger partial charge in [0.25, 0.3) is 5.91 Å². The van der Waals surface area contributed by atoms with Crippen molar-refractivity contribution < 1.29 is 9.59 Å². The van der Waals surface area contributed by atoms with Crippen LogP contribution in [0.1, 0.15) is 49.4 Å². The molecule has 1 atom stereocenters. The van der Waals surface area contributed by atoms with E-state index in [1.54, 1.807) is 0 Å². The number of likely N-dealkylation sites (tertiary alicyclic amines) is 2. The summed E-state index contributed by atoms with van der Waals surface area (Å²) in [6.45, 7) is 4.46. The topological polar surface area (TPSA) is 40.6 Å². The molecule has 0 saturated carbocycles. The Balaban J connectivity index is 1.56. The molecule has 0 N–H and O–H groups in total. The van der Waals surface area contributed by atoms with E-state index in [1.807, 2.05) is 35.2 Å². The maximum Gasteiger partial charge on any atom is 0.253 e. The highest BCUT2D eigenvalue weighted by Crippen LogP contribution is 2.27. The zero-order chi connectivity index (χ0) is 16.2. The number of hydrogen-bond acceptors (Lipinski definition) is 2. The van der Waals surface area contributed by atoms with Crippen LogP contribution in [0.25, 0.3) is 0 Å². The number of hydrogen-bond donors (Lipinski definition) is 0. The fraction of sp³-hybridized carbons (Fsp3) is 0.579. The number of carbonyl (C=O) groups excluding carboxylic acids is 2. The van der Waals surface area contributed by atoms with Crippen LogP contribution in [-0.2, 0) is 4.79 Å². The molecule has 1 aromatic carbocycles. The van der Waals surface area contributed by atoms with Crippen LogP contribution in [0.5, 0.6) is 0 Å². The molecule has 2 heterocycles. The molecule has 4 heteroatoms. The second kappa shape index (κ2) is 7.16. The van der Waals surface area contributed by atoms with Crippen molar-refractivity contribution in [2.24, 2.45) is 5.92 Å². The fourth-order valence-corrected chi connectivity index (χ4v) is 3.88. The summed E-state index contributed by atoms with van der Waals surface area (Å²) >= 11 is 0. The Morgan fingerprint density at radius 3 is 2.39 bits per heavy atom. The van der Waals surface area contributed by atoms with Crippen LogP contribution in [-0.4, -0.2) is 47.3 Å².